The molecule has 2 amide bonds. The van der Waals surface area contributed by atoms with Crippen LogP contribution < -0.4 is 16.0 Å². The Labute approximate surface area is 182 Å². The first-order valence-corrected chi connectivity index (χ1v) is 10.4. The molecule has 0 aliphatic heterocycles. The van der Waals surface area contributed by atoms with E-state index in [4.69, 9.17) is 5.11 Å². The molecule has 11 heteroatoms. The molecule has 164 valence electrons. The van der Waals surface area contributed by atoms with Crippen LogP contribution in [0.25, 0.3) is 0 Å². The highest BCUT2D eigenvalue weighted by Crippen LogP contribution is 2.29. The Balaban J connectivity index is 1.62. The fourth-order valence-electron chi connectivity index (χ4n) is 2.78. The zero-order chi connectivity index (χ0) is 22.5. The lowest BCUT2D eigenvalue weighted by molar-refractivity contribution is -0.122. The topological polar surface area (TPSA) is 141 Å². The van der Waals surface area contributed by atoms with E-state index in [-0.39, 0.29) is 36.8 Å². The molecule has 3 rings (SSSR count). The van der Waals surface area contributed by atoms with Gasteiger partial charge in [-0.2, -0.15) is 5.10 Å². The van der Waals surface area contributed by atoms with Gasteiger partial charge in [0, 0.05) is 23.9 Å². The van der Waals surface area contributed by atoms with Crippen LogP contribution in [-0.4, -0.2) is 49.4 Å². The molecule has 0 bridgehead atoms. The van der Waals surface area contributed by atoms with Crippen LogP contribution >= 0.6 is 11.3 Å². The van der Waals surface area contributed by atoms with E-state index < -0.39 is 0 Å². The summed E-state index contributed by atoms with van der Waals surface area (Å²) in [4.78, 5) is 29.1. The molecule has 10 nitrogen and oxygen atoms in total. The van der Waals surface area contributed by atoms with Gasteiger partial charge in [0.1, 0.15) is 17.2 Å². The average Bonchev–Trinajstić information content (AvgIpc) is 3.37. The summed E-state index contributed by atoms with van der Waals surface area (Å²) in [6.07, 6.45) is 3.09. The van der Waals surface area contributed by atoms with E-state index >= 15 is 0 Å². The Hall–Kier alpha value is -3.44. The highest BCUT2D eigenvalue weighted by atomic mass is 32.1. The number of phenols is 1. The lowest BCUT2D eigenvalue weighted by atomic mass is 10.1. The maximum Gasteiger partial charge on any atom is 0.267 e. The van der Waals surface area contributed by atoms with E-state index in [1.54, 1.807) is 38.2 Å². The molecular formula is C20H24N6O4S. The molecule has 2 aromatic heterocycles. The first-order chi connectivity index (χ1) is 14.8. The van der Waals surface area contributed by atoms with Crippen molar-refractivity contribution < 1.29 is 19.8 Å². The number of anilines is 3. The molecule has 0 saturated heterocycles. The number of hydrogen-bond donors (Lipinski definition) is 5. The minimum absolute atomic E-state index is 0.0141. The van der Waals surface area contributed by atoms with Gasteiger partial charge in [0.05, 0.1) is 18.5 Å². The van der Waals surface area contributed by atoms with Crippen LogP contribution in [0.3, 0.4) is 0 Å². The van der Waals surface area contributed by atoms with Gasteiger partial charge in [-0.25, -0.2) is 4.98 Å². The summed E-state index contributed by atoms with van der Waals surface area (Å²) in [6.45, 7) is 5.16. The average molecular weight is 445 g/mol. The van der Waals surface area contributed by atoms with E-state index in [0.717, 1.165) is 16.9 Å². The second-order valence-electron chi connectivity index (χ2n) is 7.06. The summed E-state index contributed by atoms with van der Waals surface area (Å²) >= 11 is 1.15. The molecule has 0 radical (unpaired) electrons. The maximum atomic E-state index is 12.6. The Bertz CT molecular complexity index is 1090. The quantitative estimate of drug-likeness (QED) is 0.358. The number of rotatable bonds is 8. The van der Waals surface area contributed by atoms with Crippen molar-refractivity contribution in [3.8, 4) is 5.75 Å². The molecule has 0 spiro atoms. The summed E-state index contributed by atoms with van der Waals surface area (Å²) < 4.78 is 1.45. The van der Waals surface area contributed by atoms with Gasteiger partial charge in [0.25, 0.3) is 5.91 Å². The number of aryl methyl sites for hydroxylation is 1. The summed E-state index contributed by atoms with van der Waals surface area (Å²) in [6, 6.07) is 4.68. The van der Waals surface area contributed by atoms with Gasteiger partial charge >= 0.3 is 0 Å². The summed E-state index contributed by atoms with van der Waals surface area (Å²) in [7, 11) is 0. The molecule has 2 heterocycles. The Kier molecular flexibility index (Phi) is 6.88. The number of amides is 2. The van der Waals surface area contributed by atoms with Crippen molar-refractivity contribution in [1.82, 2.24) is 20.1 Å². The smallest absolute Gasteiger partial charge is 0.267 e. The van der Waals surface area contributed by atoms with E-state index in [9.17, 15) is 14.7 Å². The number of aliphatic hydroxyl groups excluding tert-OH is 1. The molecule has 1 aromatic carbocycles. The zero-order valence-electron chi connectivity index (χ0n) is 17.3. The Morgan fingerprint density at radius 1 is 1.26 bits per heavy atom. The van der Waals surface area contributed by atoms with E-state index in [0.29, 0.717) is 27.1 Å². The van der Waals surface area contributed by atoms with Crippen LogP contribution in [0.15, 0.2) is 30.6 Å². The van der Waals surface area contributed by atoms with E-state index in [1.807, 2.05) is 6.92 Å². The first-order valence-electron chi connectivity index (χ1n) is 9.54. The largest absolute Gasteiger partial charge is 0.508 e. The van der Waals surface area contributed by atoms with Crippen LogP contribution in [0.5, 0.6) is 5.75 Å². The number of hydrogen-bond acceptors (Lipinski definition) is 8. The Morgan fingerprint density at radius 3 is 2.77 bits per heavy atom. The second-order valence-corrected chi connectivity index (χ2v) is 8.09. The number of aromatic nitrogens is 3. The van der Waals surface area contributed by atoms with E-state index in [1.165, 1.54) is 10.9 Å². The van der Waals surface area contributed by atoms with E-state index in [2.05, 4.69) is 26.0 Å². The number of phenolic OH excluding ortho intramolecular Hbond substituents is 1. The predicted molar refractivity (Wildman–Crippen MR) is 118 cm³/mol. The number of nitrogens with zero attached hydrogens (tertiary/aromatic N) is 3. The van der Waals surface area contributed by atoms with Crippen LogP contribution in [0.4, 0.5) is 16.6 Å². The monoisotopic (exact) mass is 444 g/mol. The summed E-state index contributed by atoms with van der Waals surface area (Å²) in [5.41, 5.74) is 2.01. The number of nitrogens with one attached hydrogen (secondary N) is 3. The van der Waals surface area contributed by atoms with Crippen LogP contribution in [-0.2, 0) is 11.3 Å². The van der Waals surface area contributed by atoms with Crippen molar-refractivity contribution in [2.45, 2.75) is 33.4 Å². The van der Waals surface area contributed by atoms with Crippen LogP contribution in [0.1, 0.15) is 27.7 Å². The zero-order valence-corrected chi connectivity index (χ0v) is 18.2. The molecule has 0 aliphatic rings. The lowest BCUT2D eigenvalue weighted by Gasteiger charge is -2.11. The predicted octanol–water partition coefficient (Wildman–Crippen LogP) is 2.15. The van der Waals surface area contributed by atoms with Crippen molar-refractivity contribution in [2.75, 3.05) is 17.2 Å². The number of carbonyl (C=O) groups excluding carboxylic acids is 2. The SMILES string of the molecule is Cc1ccc(O)c(C)c1NC(=O)c1cnc(Nc2ccn(CC(=O)N[C@H](C)CO)n2)s1. The first kappa shape index (κ1) is 22.2. The van der Waals surface area contributed by atoms with Crippen LogP contribution in [0.2, 0.25) is 0 Å². The number of carbonyl (C=O) groups is 2. The summed E-state index contributed by atoms with van der Waals surface area (Å²) in [5.74, 6) is -0.00359. The Morgan fingerprint density at radius 2 is 2.03 bits per heavy atom. The third-order valence-corrected chi connectivity index (χ3v) is 5.39. The van der Waals surface area contributed by atoms with Gasteiger partial charge in [-0.1, -0.05) is 17.4 Å². The highest BCUT2D eigenvalue weighted by Gasteiger charge is 2.15. The minimum atomic E-state index is -0.331. The molecule has 3 aromatic rings. The second kappa shape index (κ2) is 9.58. The summed E-state index contributed by atoms with van der Waals surface area (Å²) in [5, 5.41) is 32.1. The number of aliphatic hydroxyl groups is 1. The normalized spacial score (nSPS) is 11.7. The lowest BCUT2D eigenvalue weighted by Crippen LogP contribution is -2.37. The van der Waals surface area contributed by atoms with Crippen molar-refractivity contribution >= 4 is 39.8 Å². The molecule has 0 aliphatic carbocycles. The standard InChI is InChI=1S/C20H24N6O4S/c1-11-4-5-14(28)13(3)18(11)24-19(30)15-8-21-20(31-15)23-16-6-7-26(25-16)9-17(29)22-12(2)10-27/h4-8,12,27-28H,9-10H2,1-3H3,(H,22,29)(H,24,30)(H,21,23,25)/t12-/m1/s1. The van der Waals surface area contributed by atoms with Gasteiger partial charge in [-0.15, -0.1) is 0 Å². The molecule has 1 atom stereocenters. The number of benzene rings is 1. The van der Waals surface area contributed by atoms with Crippen molar-refractivity contribution in [3.05, 3.63) is 46.6 Å². The van der Waals surface area contributed by atoms with Gasteiger partial charge in [0.15, 0.2) is 10.9 Å². The minimum Gasteiger partial charge on any atom is -0.508 e. The fraction of sp³-hybridized carbons (Fsp3) is 0.300. The molecule has 31 heavy (non-hydrogen) atoms. The van der Waals surface area contributed by atoms with Gasteiger partial charge < -0.3 is 26.2 Å². The molecule has 0 fully saturated rings. The van der Waals surface area contributed by atoms with Crippen molar-refractivity contribution in [2.24, 2.45) is 0 Å². The van der Waals surface area contributed by atoms with Gasteiger partial charge in [-0.3, -0.25) is 14.3 Å². The molecule has 5 N–H and O–H groups in total. The maximum absolute atomic E-state index is 12.6. The van der Waals surface area contributed by atoms with Crippen LogP contribution in [0, 0.1) is 13.8 Å². The highest BCUT2D eigenvalue weighted by molar-refractivity contribution is 7.17. The molecule has 0 unspecified atom stereocenters. The van der Waals surface area contributed by atoms with Gasteiger partial charge in [0.2, 0.25) is 5.91 Å². The molecular weight excluding hydrogens is 420 g/mol. The van der Waals surface area contributed by atoms with Crippen molar-refractivity contribution in [3.63, 3.8) is 0 Å². The van der Waals surface area contributed by atoms with Gasteiger partial charge in [-0.05, 0) is 32.4 Å². The molecule has 0 saturated carbocycles. The number of thiazole rings is 1. The fourth-order valence-corrected chi connectivity index (χ4v) is 3.50. The third kappa shape index (κ3) is 5.58. The number of aromatic hydroxyl groups is 1. The van der Waals surface area contributed by atoms with Crippen molar-refractivity contribution in [1.29, 1.82) is 0 Å². The third-order valence-electron chi connectivity index (χ3n) is 4.48.